The minimum absolute atomic E-state index is 0.742. The maximum Gasteiger partial charge on any atom is 0.0358 e. The molecule has 1 nitrogen and oxygen atoms in total. The molecule has 3 rings (SSSR count). The standard InChI is InChI=1S/C12H15N/c1-2-13-11-7-8-12(13)10-6-4-3-5-9(10)11/h3-6,11-12H,2,7-8H2,1H3/t11-,12+. The van der Waals surface area contributed by atoms with Crippen LogP contribution in [0.25, 0.3) is 0 Å². The number of rotatable bonds is 1. The largest absolute Gasteiger partial charge is 0.290 e. The van der Waals surface area contributed by atoms with E-state index in [2.05, 4.69) is 36.1 Å². The summed E-state index contributed by atoms with van der Waals surface area (Å²) in [4.78, 5) is 2.64. The monoisotopic (exact) mass is 173 g/mol. The highest BCUT2D eigenvalue weighted by molar-refractivity contribution is 5.39. The highest BCUT2D eigenvalue weighted by Gasteiger charge is 2.42. The molecule has 1 aromatic rings. The molecule has 2 atom stereocenters. The van der Waals surface area contributed by atoms with Gasteiger partial charge in [-0.2, -0.15) is 0 Å². The molecule has 1 heteroatoms. The van der Waals surface area contributed by atoms with Gasteiger partial charge in [-0.25, -0.2) is 0 Å². The average Bonchev–Trinajstić information content (AvgIpc) is 2.73. The summed E-state index contributed by atoms with van der Waals surface area (Å²) in [5, 5.41) is 0. The summed E-state index contributed by atoms with van der Waals surface area (Å²) in [6.07, 6.45) is 2.74. The van der Waals surface area contributed by atoms with Crippen LogP contribution in [0, 0.1) is 0 Å². The van der Waals surface area contributed by atoms with Crippen molar-refractivity contribution >= 4 is 0 Å². The zero-order valence-corrected chi connectivity index (χ0v) is 8.03. The predicted molar refractivity (Wildman–Crippen MR) is 53.5 cm³/mol. The van der Waals surface area contributed by atoms with E-state index in [1.54, 1.807) is 11.1 Å². The molecular formula is C12H15N. The van der Waals surface area contributed by atoms with Crippen molar-refractivity contribution in [1.82, 2.24) is 4.90 Å². The summed E-state index contributed by atoms with van der Waals surface area (Å²) < 4.78 is 0. The normalized spacial score (nSPS) is 30.8. The molecule has 0 spiro atoms. The molecular weight excluding hydrogens is 158 g/mol. The summed E-state index contributed by atoms with van der Waals surface area (Å²) in [6, 6.07) is 10.4. The third-order valence-corrected chi connectivity index (χ3v) is 3.59. The molecule has 0 aromatic heterocycles. The highest BCUT2D eigenvalue weighted by Crippen LogP contribution is 2.52. The number of benzene rings is 1. The van der Waals surface area contributed by atoms with Crippen LogP contribution in [-0.2, 0) is 0 Å². The molecule has 0 saturated carbocycles. The van der Waals surface area contributed by atoms with E-state index in [4.69, 9.17) is 0 Å². The van der Waals surface area contributed by atoms with Crippen molar-refractivity contribution in [3.8, 4) is 0 Å². The maximum atomic E-state index is 2.64. The van der Waals surface area contributed by atoms with Crippen LogP contribution in [0.15, 0.2) is 24.3 Å². The third-order valence-electron chi connectivity index (χ3n) is 3.59. The van der Waals surface area contributed by atoms with Crippen molar-refractivity contribution in [2.24, 2.45) is 0 Å². The zero-order valence-electron chi connectivity index (χ0n) is 8.03. The van der Waals surface area contributed by atoms with E-state index in [1.165, 1.54) is 19.4 Å². The molecule has 2 aliphatic heterocycles. The first kappa shape index (κ1) is 7.57. The van der Waals surface area contributed by atoms with Crippen LogP contribution in [0.4, 0.5) is 0 Å². The van der Waals surface area contributed by atoms with Gasteiger partial charge in [0, 0.05) is 12.1 Å². The summed E-state index contributed by atoms with van der Waals surface area (Å²) in [5.41, 5.74) is 3.20. The SMILES string of the molecule is CCN1[C@@H]2CC[C@H]1c1ccccc12. The Morgan fingerprint density at radius 2 is 1.69 bits per heavy atom. The Hall–Kier alpha value is -0.820. The second-order valence-corrected chi connectivity index (χ2v) is 4.07. The molecule has 0 unspecified atom stereocenters. The van der Waals surface area contributed by atoms with Crippen molar-refractivity contribution in [2.75, 3.05) is 6.54 Å². The number of fused-ring (bicyclic) bond motifs is 5. The van der Waals surface area contributed by atoms with Gasteiger partial charge >= 0.3 is 0 Å². The lowest BCUT2D eigenvalue weighted by molar-refractivity contribution is 0.236. The van der Waals surface area contributed by atoms with E-state index in [-0.39, 0.29) is 0 Å². The summed E-state index contributed by atoms with van der Waals surface area (Å²) in [6.45, 7) is 3.47. The molecule has 1 fully saturated rings. The minimum atomic E-state index is 0.742. The maximum absolute atomic E-state index is 2.64. The van der Waals surface area contributed by atoms with Gasteiger partial charge in [0.25, 0.3) is 0 Å². The Bertz CT molecular complexity index is 301. The van der Waals surface area contributed by atoms with Gasteiger partial charge in [-0.15, -0.1) is 0 Å². The lowest BCUT2D eigenvalue weighted by atomic mass is 9.92. The minimum Gasteiger partial charge on any atom is -0.290 e. The van der Waals surface area contributed by atoms with E-state index < -0.39 is 0 Å². The highest BCUT2D eigenvalue weighted by atomic mass is 15.2. The van der Waals surface area contributed by atoms with Crippen molar-refractivity contribution in [2.45, 2.75) is 31.8 Å². The van der Waals surface area contributed by atoms with E-state index >= 15 is 0 Å². The van der Waals surface area contributed by atoms with Gasteiger partial charge in [0.05, 0.1) is 0 Å². The Morgan fingerprint density at radius 1 is 1.15 bits per heavy atom. The molecule has 13 heavy (non-hydrogen) atoms. The first-order valence-corrected chi connectivity index (χ1v) is 5.26. The molecule has 0 amide bonds. The number of hydrogen-bond donors (Lipinski definition) is 0. The second-order valence-electron chi connectivity index (χ2n) is 4.07. The third kappa shape index (κ3) is 0.856. The second kappa shape index (κ2) is 2.58. The Labute approximate surface area is 79.4 Å². The quantitative estimate of drug-likeness (QED) is 0.631. The Morgan fingerprint density at radius 3 is 2.15 bits per heavy atom. The van der Waals surface area contributed by atoms with E-state index in [0.29, 0.717) is 0 Å². The topological polar surface area (TPSA) is 3.24 Å². The van der Waals surface area contributed by atoms with Crippen LogP contribution >= 0.6 is 0 Å². The number of hydrogen-bond acceptors (Lipinski definition) is 1. The Kier molecular flexibility index (Phi) is 1.50. The fourth-order valence-electron chi connectivity index (χ4n) is 3.09. The number of nitrogens with zero attached hydrogens (tertiary/aromatic N) is 1. The van der Waals surface area contributed by atoms with Crippen LogP contribution in [0.3, 0.4) is 0 Å². The van der Waals surface area contributed by atoms with E-state index in [9.17, 15) is 0 Å². The van der Waals surface area contributed by atoms with Crippen LogP contribution in [0.2, 0.25) is 0 Å². The van der Waals surface area contributed by atoms with Crippen LogP contribution < -0.4 is 0 Å². The lowest BCUT2D eigenvalue weighted by Gasteiger charge is -2.18. The van der Waals surface area contributed by atoms with Gasteiger partial charge in [0.2, 0.25) is 0 Å². The molecule has 1 saturated heterocycles. The summed E-state index contributed by atoms with van der Waals surface area (Å²) in [5.74, 6) is 0. The molecule has 2 heterocycles. The van der Waals surface area contributed by atoms with Gasteiger partial charge in [-0.3, -0.25) is 4.90 Å². The zero-order chi connectivity index (χ0) is 8.84. The van der Waals surface area contributed by atoms with Gasteiger partial charge in [0.15, 0.2) is 0 Å². The van der Waals surface area contributed by atoms with E-state index in [0.717, 1.165) is 12.1 Å². The molecule has 0 N–H and O–H groups in total. The molecule has 0 aliphatic carbocycles. The fraction of sp³-hybridized carbons (Fsp3) is 0.500. The van der Waals surface area contributed by atoms with Gasteiger partial charge in [0.1, 0.15) is 0 Å². The average molecular weight is 173 g/mol. The van der Waals surface area contributed by atoms with Gasteiger partial charge in [-0.1, -0.05) is 31.2 Å². The lowest BCUT2D eigenvalue weighted by Crippen LogP contribution is -2.18. The summed E-state index contributed by atoms with van der Waals surface area (Å²) in [7, 11) is 0. The first-order valence-electron chi connectivity index (χ1n) is 5.26. The van der Waals surface area contributed by atoms with Crippen molar-refractivity contribution in [3.05, 3.63) is 35.4 Å². The van der Waals surface area contributed by atoms with Crippen molar-refractivity contribution in [1.29, 1.82) is 0 Å². The molecule has 68 valence electrons. The molecule has 1 aromatic carbocycles. The van der Waals surface area contributed by atoms with Crippen LogP contribution in [0.1, 0.15) is 43.0 Å². The Balaban J connectivity index is 2.12. The van der Waals surface area contributed by atoms with Crippen LogP contribution in [0.5, 0.6) is 0 Å². The summed E-state index contributed by atoms with van der Waals surface area (Å²) >= 11 is 0. The fourth-order valence-corrected chi connectivity index (χ4v) is 3.09. The molecule has 2 bridgehead atoms. The molecule has 2 aliphatic rings. The molecule has 0 radical (unpaired) electrons. The smallest absolute Gasteiger partial charge is 0.0358 e. The van der Waals surface area contributed by atoms with Gasteiger partial charge < -0.3 is 0 Å². The first-order chi connectivity index (χ1) is 6.42. The predicted octanol–water partition coefficient (Wildman–Crippen LogP) is 2.90. The van der Waals surface area contributed by atoms with Crippen molar-refractivity contribution in [3.63, 3.8) is 0 Å². The van der Waals surface area contributed by atoms with Crippen molar-refractivity contribution < 1.29 is 0 Å². The van der Waals surface area contributed by atoms with Gasteiger partial charge in [-0.05, 0) is 30.5 Å². The van der Waals surface area contributed by atoms with Crippen LogP contribution in [-0.4, -0.2) is 11.4 Å². The van der Waals surface area contributed by atoms with E-state index in [1.807, 2.05) is 0 Å².